The topological polar surface area (TPSA) is 39.1 Å². The molecule has 0 amide bonds. The van der Waals surface area contributed by atoms with E-state index in [-0.39, 0.29) is 11.6 Å². The van der Waals surface area contributed by atoms with Crippen LogP contribution in [0, 0.1) is 13.8 Å². The molecule has 0 aliphatic heterocycles. The van der Waals surface area contributed by atoms with Crippen LogP contribution in [0.5, 0.6) is 0 Å². The zero-order valence-electron chi connectivity index (χ0n) is 12.2. The van der Waals surface area contributed by atoms with Crippen molar-refractivity contribution in [3.8, 4) is 0 Å². The lowest BCUT2D eigenvalue weighted by Gasteiger charge is -2.26. The van der Waals surface area contributed by atoms with Crippen molar-refractivity contribution in [2.24, 2.45) is 0 Å². The van der Waals surface area contributed by atoms with E-state index in [0.29, 0.717) is 6.61 Å². The minimum atomic E-state index is 0.0966. The zero-order valence-corrected chi connectivity index (χ0v) is 13.8. The van der Waals surface area contributed by atoms with Gasteiger partial charge >= 0.3 is 0 Å². The molecule has 1 aromatic heterocycles. The molecule has 5 heteroatoms. The van der Waals surface area contributed by atoms with E-state index >= 15 is 0 Å². The molecule has 1 N–H and O–H groups in total. The van der Waals surface area contributed by atoms with Gasteiger partial charge in [0.2, 0.25) is 0 Å². The van der Waals surface area contributed by atoms with Crippen LogP contribution in [0.3, 0.4) is 0 Å². The SMILES string of the molecule is COCC(CNC(C)(C)C)n1nc(C)c(Br)c1C. The summed E-state index contributed by atoms with van der Waals surface area (Å²) < 4.78 is 8.44. The van der Waals surface area contributed by atoms with E-state index in [1.165, 1.54) is 0 Å². The monoisotopic (exact) mass is 317 g/mol. The lowest BCUT2D eigenvalue weighted by atomic mass is 10.1. The van der Waals surface area contributed by atoms with Gasteiger partial charge in [-0.2, -0.15) is 5.10 Å². The molecule has 0 saturated heterocycles. The van der Waals surface area contributed by atoms with Gasteiger partial charge in [-0.1, -0.05) is 0 Å². The van der Waals surface area contributed by atoms with E-state index in [4.69, 9.17) is 4.74 Å². The molecule has 1 unspecified atom stereocenters. The standard InChI is InChI=1S/C13H24BrN3O/c1-9-12(14)10(2)17(16-9)11(8-18-6)7-15-13(3,4)5/h11,15H,7-8H2,1-6H3. The van der Waals surface area contributed by atoms with Crippen LogP contribution in [0.25, 0.3) is 0 Å². The van der Waals surface area contributed by atoms with Gasteiger partial charge in [-0.05, 0) is 50.5 Å². The minimum absolute atomic E-state index is 0.0966. The second-order valence-electron chi connectivity index (χ2n) is 5.67. The average Bonchev–Trinajstić information content (AvgIpc) is 2.51. The molecule has 0 aliphatic carbocycles. The van der Waals surface area contributed by atoms with Crippen molar-refractivity contribution in [3.63, 3.8) is 0 Å². The number of aromatic nitrogens is 2. The highest BCUT2D eigenvalue weighted by molar-refractivity contribution is 9.10. The summed E-state index contributed by atoms with van der Waals surface area (Å²) in [5.41, 5.74) is 2.26. The van der Waals surface area contributed by atoms with Crippen molar-refractivity contribution in [2.45, 2.75) is 46.2 Å². The molecule has 0 fully saturated rings. The fourth-order valence-corrected chi connectivity index (χ4v) is 2.09. The highest BCUT2D eigenvalue weighted by atomic mass is 79.9. The van der Waals surface area contributed by atoms with Crippen LogP contribution < -0.4 is 5.32 Å². The average molecular weight is 318 g/mol. The summed E-state index contributed by atoms with van der Waals surface area (Å²) in [4.78, 5) is 0. The summed E-state index contributed by atoms with van der Waals surface area (Å²) in [6.45, 7) is 12.1. The molecule has 1 atom stereocenters. The summed E-state index contributed by atoms with van der Waals surface area (Å²) in [6, 6.07) is 0.208. The molecule has 0 radical (unpaired) electrons. The fourth-order valence-electron chi connectivity index (χ4n) is 1.83. The Morgan fingerprint density at radius 3 is 2.39 bits per heavy atom. The Bertz CT molecular complexity index is 396. The van der Waals surface area contributed by atoms with Crippen LogP contribution >= 0.6 is 15.9 Å². The van der Waals surface area contributed by atoms with Gasteiger partial charge in [-0.3, -0.25) is 4.68 Å². The molecular weight excluding hydrogens is 294 g/mol. The van der Waals surface area contributed by atoms with Gasteiger partial charge in [0.15, 0.2) is 0 Å². The number of aryl methyl sites for hydroxylation is 1. The summed E-state index contributed by atoms with van der Waals surface area (Å²) in [5.74, 6) is 0. The molecule has 1 rings (SSSR count). The van der Waals surface area contributed by atoms with E-state index in [2.05, 4.69) is 54.0 Å². The van der Waals surface area contributed by atoms with E-state index in [1.54, 1.807) is 7.11 Å². The van der Waals surface area contributed by atoms with Crippen LogP contribution in [0.2, 0.25) is 0 Å². The van der Waals surface area contributed by atoms with Crippen molar-refractivity contribution >= 4 is 15.9 Å². The molecule has 0 aromatic carbocycles. The largest absolute Gasteiger partial charge is 0.382 e. The summed E-state index contributed by atoms with van der Waals surface area (Å²) >= 11 is 3.57. The molecular formula is C13H24BrN3O. The maximum atomic E-state index is 5.31. The molecule has 104 valence electrons. The number of methoxy groups -OCH3 is 1. The van der Waals surface area contributed by atoms with E-state index in [1.807, 2.05) is 11.6 Å². The third-order valence-corrected chi connectivity index (χ3v) is 3.96. The van der Waals surface area contributed by atoms with Crippen LogP contribution in [-0.4, -0.2) is 35.6 Å². The lowest BCUT2D eigenvalue weighted by Crippen LogP contribution is -2.41. The molecule has 1 heterocycles. The Kier molecular flexibility index (Phi) is 5.37. The summed E-state index contributed by atoms with van der Waals surface area (Å²) in [5, 5.41) is 8.08. The fraction of sp³-hybridized carbons (Fsp3) is 0.769. The zero-order chi connectivity index (χ0) is 13.9. The van der Waals surface area contributed by atoms with Gasteiger partial charge < -0.3 is 10.1 Å². The Hall–Kier alpha value is -0.390. The van der Waals surface area contributed by atoms with Gasteiger partial charge in [0.25, 0.3) is 0 Å². The van der Waals surface area contributed by atoms with Crippen molar-refractivity contribution in [1.82, 2.24) is 15.1 Å². The first kappa shape index (κ1) is 15.7. The minimum Gasteiger partial charge on any atom is -0.382 e. The molecule has 0 aliphatic rings. The van der Waals surface area contributed by atoms with Gasteiger partial charge in [0.05, 0.1) is 28.5 Å². The highest BCUT2D eigenvalue weighted by Gasteiger charge is 2.20. The quantitative estimate of drug-likeness (QED) is 0.907. The molecule has 0 saturated carbocycles. The molecule has 0 spiro atoms. The van der Waals surface area contributed by atoms with Crippen molar-refractivity contribution < 1.29 is 4.74 Å². The van der Waals surface area contributed by atoms with Crippen LogP contribution in [0.4, 0.5) is 0 Å². The second-order valence-corrected chi connectivity index (χ2v) is 6.46. The Morgan fingerprint density at radius 2 is 2.00 bits per heavy atom. The Balaban J connectivity index is 2.87. The first-order chi connectivity index (χ1) is 8.26. The number of hydrogen-bond acceptors (Lipinski definition) is 3. The first-order valence-electron chi connectivity index (χ1n) is 6.21. The van der Waals surface area contributed by atoms with Gasteiger partial charge in [-0.25, -0.2) is 0 Å². The van der Waals surface area contributed by atoms with Crippen LogP contribution in [0.1, 0.15) is 38.2 Å². The number of hydrogen-bond donors (Lipinski definition) is 1. The van der Waals surface area contributed by atoms with Gasteiger partial charge in [0.1, 0.15) is 0 Å². The first-order valence-corrected chi connectivity index (χ1v) is 7.00. The Labute approximate surface area is 118 Å². The highest BCUT2D eigenvalue weighted by Crippen LogP contribution is 2.23. The van der Waals surface area contributed by atoms with E-state index < -0.39 is 0 Å². The normalized spacial score (nSPS) is 13.9. The third-order valence-electron chi connectivity index (χ3n) is 2.81. The Morgan fingerprint density at radius 1 is 1.39 bits per heavy atom. The van der Waals surface area contributed by atoms with Crippen LogP contribution in [-0.2, 0) is 4.74 Å². The maximum Gasteiger partial charge on any atom is 0.0880 e. The maximum absolute atomic E-state index is 5.31. The van der Waals surface area contributed by atoms with E-state index in [9.17, 15) is 0 Å². The van der Waals surface area contributed by atoms with E-state index in [0.717, 1.165) is 22.4 Å². The predicted molar refractivity (Wildman–Crippen MR) is 78.1 cm³/mol. The van der Waals surface area contributed by atoms with Gasteiger partial charge in [-0.15, -0.1) is 0 Å². The second kappa shape index (κ2) is 6.17. The molecule has 0 bridgehead atoms. The smallest absolute Gasteiger partial charge is 0.0880 e. The summed E-state index contributed by atoms with van der Waals surface area (Å²) in [7, 11) is 1.73. The third kappa shape index (κ3) is 4.07. The lowest BCUT2D eigenvalue weighted by molar-refractivity contribution is 0.142. The molecule has 1 aromatic rings. The number of ether oxygens (including phenoxy) is 1. The van der Waals surface area contributed by atoms with Gasteiger partial charge in [0, 0.05) is 19.2 Å². The number of rotatable bonds is 5. The number of nitrogens with zero attached hydrogens (tertiary/aromatic N) is 2. The number of nitrogens with one attached hydrogen (secondary N) is 1. The van der Waals surface area contributed by atoms with Crippen LogP contribution in [0.15, 0.2) is 4.47 Å². The molecule has 18 heavy (non-hydrogen) atoms. The molecule has 4 nitrogen and oxygen atoms in total. The van der Waals surface area contributed by atoms with Crippen molar-refractivity contribution in [2.75, 3.05) is 20.3 Å². The summed E-state index contributed by atoms with van der Waals surface area (Å²) in [6.07, 6.45) is 0. The van der Waals surface area contributed by atoms with Crippen molar-refractivity contribution in [1.29, 1.82) is 0 Å². The number of halogens is 1. The van der Waals surface area contributed by atoms with Crippen molar-refractivity contribution in [3.05, 3.63) is 15.9 Å². The predicted octanol–water partition coefficient (Wildman–Crippen LogP) is 2.84.